The second-order valence-corrected chi connectivity index (χ2v) is 10.7. The molecule has 6 aromatic carbocycles. The normalized spacial score (nSPS) is 11.1. The van der Waals surface area contributed by atoms with Gasteiger partial charge in [0.05, 0.1) is 57.2 Å². The highest BCUT2D eigenvalue weighted by Crippen LogP contribution is 2.42. The minimum Gasteiger partial charge on any atom is -0.319 e. The van der Waals surface area contributed by atoms with Gasteiger partial charge in [0.25, 0.3) is 0 Å². The molecule has 0 saturated carbocycles. The maximum atomic E-state index is 9.98. The van der Waals surface area contributed by atoms with Crippen LogP contribution in [-0.2, 0) is 0 Å². The molecule has 0 aliphatic rings. The fourth-order valence-electron chi connectivity index (χ4n) is 6.55. The number of fused-ring (bicyclic) bond motifs is 6. The fourth-order valence-corrected chi connectivity index (χ4v) is 6.55. The Hall–Kier alpha value is -6.61. The number of nitrogens with zero attached hydrogens (tertiary/aromatic N) is 5. The van der Waals surface area contributed by atoms with Crippen LogP contribution in [0.4, 0.5) is 5.69 Å². The lowest BCUT2D eigenvalue weighted by atomic mass is 9.98. The van der Waals surface area contributed by atoms with Crippen molar-refractivity contribution in [1.82, 2.24) is 9.13 Å². The monoisotopic (exact) mass is 559 g/mol. The lowest BCUT2D eigenvalue weighted by Gasteiger charge is -2.12. The van der Waals surface area contributed by atoms with E-state index < -0.39 is 0 Å². The van der Waals surface area contributed by atoms with E-state index in [1.807, 2.05) is 54.6 Å². The first-order valence-corrected chi connectivity index (χ1v) is 14.2. The Morgan fingerprint density at radius 1 is 0.545 bits per heavy atom. The smallest absolute Gasteiger partial charge is 0.210 e. The molecule has 0 saturated heterocycles. The van der Waals surface area contributed by atoms with Crippen molar-refractivity contribution in [2.75, 3.05) is 0 Å². The van der Waals surface area contributed by atoms with Gasteiger partial charge in [-0.1, -0.05) is 84.9 Å². The molecule has 0 aliphatic carbocycles. The van der Waals surface area contributed by atoms with Gasteiger partial charge in [-0.25, -0.2) is 4.85 Å². The molecular weight excluding hydrogens is 538 g/mol. The molecule has 0 bridgehead atoms. The molecule has 5 nitrogen and oxygen atoms in total. The summed E-state index contributed by atoms with van der Waals surface area (Å²) in [4.78, 5) is 3.80. The molecule has 0 fully saturated rings. The summed E-state index contributed by atoms with van der Waals surface area (Å²) >= 11 is 0. The molecule has 202 valence electrons. The van der Waals surface area contributed by atoms with Crippen LogP contribution in [0.2, 0.25) is 0 Å². The van der Waals surface area contributed by atoms with Gasteiger partial charge in [-0.15, -0.1) is 0 Å². The molecule has 0 atom stereocenters. The summed E-state index contributed by atoms with van der Waals surface area (Å²) in [7, 11) is 0. The van der Waals surface area contributed by atoms with Crippen LogP contribution in [0, 0.1) is 29.2 Å². The first kappa shape index (κ1) is 25.1. The van der Waals surface area contributed by atoms with Gasteiger partial charge in [0.1, 0.15) is 6.07 Å². The van der Waals surface area contributed by atoms with Crippen LogP contribution < -0.4 is 0 Å². The molecule has 2 aromatic heterocycles. The summed E-state index contributed by atoms with van der Waals surface area (Å²) in [5.41, 5.74) is 9.22. The average molecular weight is 560 g/mol. The highest BCUT2D eigenvalue weighted by Gasteiger charge is 2.20. The van der Waals surface area contributed by atoms with Crippen molar-refractivity contribution in [3.8, 4) is 34.6 Å². The molecule has 0 radical (unpaired) electrons. The molecule has 0 amide bonds. The third-order valence-electron chi connectivity index (χ3n) is 8.41. The van der Waals surface area contributed by atoms with Crippen LogP contribution >= 0.6 is 0 Å². The number of hydrogen-bond donors (Lipinski definition) is 0. The molecule has 8 rings (SSSR count). The molecule has 0 unspecified atom stereocenters. The SMILES string of the molecule is [C-]#[N+]c1ccc(C#N)cc1-n1c2ccccc2c2c(-c3ccc4c5ccccc5n(-c5ccccc5C#N)c4c3)cccc21. The van der Waals surface area contributed by atoms with Crippen LogP contribution in [-0.4, -0.2) is 9.13 Å². The molecule has 8 aromatic rings. The largest absolute Gasteiger partial charge is 0.319 e. The predicted octanol–water partition coefficient (Wildman–Crippen LogP) is 9.84. The van der Waals surface area contributed by atoms with Crippen molar-refractivity contribution in [1.29, 1.82) is 10.5 Å². The summed E-state index contributed by atoms with van der Waals surface area (Å²) in [6.45, 7) is 7.86. The molecule has 0 aliphatic heterocycles. The van der Waals surface area contributed by atoms with E-state index in [-0.39, 0.29) is 0 Å². The van der Waals surface area contributed by atoms with Crippen molar-refractivity contribution >= 4 is 49.3 Å². The van der Waals surface area contributed by atoms with Gasteiger partial charge in [-0.3, -0.25) is 0 Å². The minimum atomic E-state index is 0.485. The van der Waals surface area contributed by atoms with Gasteiger partial charge in [0.15, 0.2) is 0 Å². The molecule has 0 spiro atoms. The Morgan fingerprint density at radius 3 is 2.02 bits per heavy atom. The highest BCUT2D eigenvalue weighted by atomic mass is 15.0. The zero-order chi connectivity index (χ0) is 29.8. The maximum Gasteiger partial charge on any atom is 0.210 e. The Labute approximate surface area is 253 Å². The standard InChI is InChI=1S/C39H21N5/c1-42-32-20-17-25(23-40)21-38(32)44-35-15-7-4-11-31(35)39-28(12-8-16-36(39)44)26-18-19-30-29-10-3-6-14-34(29)43(37(30)22-26)33-13-5-2-9-27(33)24-41/h2-22H. The van der Waals surface area contributed by atoms with Crippen molar-refractivity contribution in [2.24, 2.45) is 0 Å². The number of rotatable bonds is 3. The molecular formula is C39H21N5. The molecule has 44 heavy (non-hydrogen) atoms. The molecule has 0 N–H and O–H groups in total. The second kappa shape index (κ2) is 9.74. The summed E-state index contributed by atoms with van der Waals surface area (Å²) in [6.07, 6.45) is 0. The molecule has 2 heterocycles. The van der Waals surface area contributed by atoms with Gasteiger partial charge in [0, 0.05) is 21.5 Å². The predicted molar refractivity (Wildman–Crippen MR) is 176 cm³/mol. The van der Waals surface area contributed by atoms with Crippen molar-refractivity contribution in [3.05, 3.63) is 150 Å². The quantitative estimate of drug-likeness (QED) is 0.202. The first-order chi connectivity index (χ1) is 21.7. The van der Waals surface area contributed by atoms with Crippen LogP contribution in [0.3, 0.4) is 0 Å². The number of hydrogen-bond acceptors (Lipinski definition) is 2. The lowest BCUT2D eigenvalue weighted by Crippen LogP contribution is -1.97. The van der Waals surface area contributed by atoms with Crippen molar-refractivity contribution < 1.29 is 0 Å². The van der Waals surface area contributed by atoms with E-state index in [1.165, 1.54) is 0 Å². The Morgan fingerprint density at radius 2 is 1.23 bits per heavy atom. The van der Waals surface area contributed by atoms with Crippen LogP contribution in [0.1, 0.15) is 11.1 Å². The highest BCUT2D eigenvalue weighted by molar-refractivity contribution is 6.17. The number of para-hydroxylation sites is 3. The van der Waals surface area contributed by atoms with E-state index in [1.54, 1.807) is 18.2 Å². The Balaban J connectivity index is 1.46. The first-order valence-electron chi connectivity index (χ1n) is 14.2. The van der Waals surface area contributed by atoms with Crippen molar-refractivity contribution in [2.45, 2.75) is 0 Å². The second-order valence-electron chi connectivity index (χ2n) is 10.7. The Kier molecular flexibility index (Phi) is 5.56. The molecule has 5 heteroatoms. The van der Waals surface area contributed by atoms with E-state index in [2.05, 4.69) is 80.7 Å². The average Bonchev–Trinajstić information content (AvgIpc) is 3.60. The van der Waals surface area contributed by atoms with Gasteiger partial charge in [-0.2, -0.15) is 10.5 Å². The van der Waals surface area contributed by atoms with Gasteiger partial charge in [-0.05, 0) is 53.6 Å². The number of aromatic nitrogens is 2. The van der Waals surface area contributed by atoms with Crippen LogP contribution in [0.15, 0.2) is 127 Å². The zero-order valence-corrected chi connectivity index (χ0v) is 23.4. The van der Waals surface area contributed by atoms with E-state index in [0.717, 1.165) is 60.4 Å². The van der Waals surface area contributed by atoms with E-state index >= 15 is 0 Å². The number of nitriles is 2. The van der Waals surface area contributed by atoms with E-state index in [4.69, 9.17) is 6.57 Å². The Bertz CT molecular complexity index is 2600. The van der Waals surface area contributed by atoms with Gasteiger partial charge < -0.3 is 9.13 Å². The van der Waals surface area contributed by atoms with Crippen molar-refractivity contribution in [3.63, 3.8) is 0 Å². The maximum absolute atomic E-state index is 9.98. The summed E-state index contributed by atoms with van der Waals surface area (Å²) in [5.74, 6) is 0. The fraction of sp³-hybridized carbons (Fsp3) is 0. The topological polar surface area (TPSA) is 61.8 Å². The summed E-state index contributed by atoms with van der Waals surface area (Å²) in [6, 6.07) is 46.8. The van der Waals surface area contributed by atoms with Crippen LogP contribution in [0.25, 0.3) is 71.0 Å². The third-order valence-corrected chi connectivity index (χ3v) is 8.41. The third kappa shape index (κ3) is 3.56. The van der Waals surface area contributed by atoms with E-state index in [9.17, 15) is 10.5 Å². The zero-order valence-electron chi connectivity index (χ0n) is 23.4. The van der Waals surface area contributed by atoms with Gasteiger partial charge in [0.2, 0.25) is 5.69 Å². The van der Waals surface area contributed by atoms with E-state index in [0.29, 0.717) is 22.5 Å². The summed E-state index contributed by atoms with van der Waals surface area (Å²) in [5, 5.41) is 24.0. The van der Waals surface area contributed by atoms with Gasteiger partial charge >= 0.3 is 0 Å². The minimum absolute atomic E-state index is 0.485. The summed E-state index contributed by atoms with van der Waals surface area (Å²) < 4.78 is 4.28. The number of benzene rings is 6. The van der Waals surface area contributed by atoms with Crippen LogP contribution in [0.5, 0.6) is 0 Å². The lowest BCUT2D eigenvalue weighted by molar-refractivity contribution is 1.17.